The fourth-order valence-corrected chi connectivity index (χ4v) is 4.02. The zero-order valence-corrected chi connectivity index (χ0v) is 15.2. The van der Waals surface area contributed by atoms with Gasteiger partial charge in [0.15, 0.2) is 0 Å². The lowest BCUT2D eigenvalue weighted by Crippen LogP contribution is -2.30. The summed E-state index contributed by atoms with van der Waals surface area (Å²) in [6.45, 7) is 2.07. The van der Waals surface area contributed by atoms with Crippen LogP contribution in [-0.2, 0) is 10.0 Å². The van der Waals surface area contributed by atoms with Gasteiger partial charge in [-0.15, -0.1) is 0 Å². The Morgan fingerprint density at radius 2 is 1.82 bits per heavy atom. The molecule has 0 bridgehead atoms. The monoisotopic (exact) mass is 403 g/mol. The first-order valence-corrected chi connectivity index (χ1v) is 9.13. The summed E-state index contributed by atoms with van der Waals surface area (Å²) >= 11 is 9.39. The molecule has 0 atom stereocenters. The van der Waals surface area contributed by atoms with Gasteiger partial charge in [0.2, 0.25) is 0 Å². The van der Waals surface area contributed by atoms with Gasteiger partial charge in [0.05, 0.1) is 22.7 Å². The van der Waals surface area contributed by atoms with Crippen LogP contribution in [0.4, 0.5) is 5.69 Å². The molecule has 0 saturated carbocycles. The summed E-state index contributed by atoms with van der Waals surface area (Å²) in [4.78, 5) is 0.226. The summed E-state index contributed by atoms with van der Waals surface area (Å²) < 4.78 is 32.8. The second-order valence-electron chi connectivity index (χ2n) is 4.44. The van der Waals surface area contributed by atoms with Crippen LogP contribution < -0.4 is 9.04 Å². The van der Waals surface area contributed by atoms with Crippen molar-refractivity contribution in [3.63, 3.8) is 0 Å². The van der Waals surface area contributed by atoms with E-state index in [1.165, 1.54) is 11.4 Å². The second-order valence-corrected chi connectivity index (χ2v) is 7.63. The molecule has 0 amide bonds. The average molecular weight is 405 g/mol. The molecule has 0 aliphatic carbocycles. The SMILES string of the molecule is CCN(c1ccc(OC)c(Cl)c1)S(=O)(=O)c1ccc(Br)cc1. The molecule has 0 saturated heterocycles. The molecule has 22 heavy (non-hydrogen) atoms. The fourth-order valence-electron chi connectivity index (χ4n) is 2.04. The summed E-state index contributed by atoms with van der Waals surface area (Å²) in [5, 5.41) is 0.365. The number of hydrogen-bond acceptors (Lipinski definition) is 3. The van der Waals surface area contributed by atoms with Crippen molar-refractivity contribution in [3.8, 4) is 5.75 Å². The van der Waals surface area contributed by atoms with E-state index in [1.54, 1.807) is 49.4 Å². The minimum atomic E-state index is -3.64. The Kier molecular flexibility index (Phi) is 5.36. The molecule has 0 aromatic heterocycles. The van der Waals surface area contributed by atoms with Crippen LogP contribution in [0.1, 0.15) is 6.92 Å². The number of benzene rings is 2. The van der Waals surface area contributed by atoms with Gasteiger partial charge in [0.1, 0.15) is 5.75 Å². The third-order valence-electron chi connectivity index (χ3n) is 3.11. The lowest BCUT2D eigenvalue weighted by atomic mass is 10.3. The van der Waals surface area contributed by atoms with E-state index in [2.05, 4.69) is 15.9 Å². The van der Waals surface area contributed by atoms with E-state index in [4.69, 9.17) is 16.3 Å². The van der Waals surface area contributed by atoms with Gasteiger partial charge in [0.25, 0.3) is 10.0 Å². The molecule has 4 nitrogen and oxygen atoms in total. The Morgan fingerprint density at radius 3 is 2.32 bits per heavy atom. The van der Waals surface area contributed by atoms with Crippen LogP contribution in [0.2, 0.25) is 5.02 Å². The van der Waals surface area contributed by atoms with Crippen molar-refractivity contribution >= 4 is 43.2 Å². The maximum atomic E-state index is 12.8. The van der Waals surface area contributed by atoms with Crippen LogP contribution in [0.3, 0.4) is 0 Å². The largest absolute Gasteiger partial charge is 0.495 e. The average Bonchev–Trinajstić information content (AvgIpc) is 2.48. The Balaban J connectivity index is 2.46. The van der Waals surface area contributed by atoms with E-state index in [-0.39, 0.29) is 4.90 Å². The zero-order chi connectivity index (χ0) is 16.3. The van der Waals surface area contributed by atoms with Gasteiger partial charge in [-0.05, 0) is 49.4 Å². The van der Waals surface area contributed by atoms with Crippen LogP contribution in [-0.4, -0.2) is 22.1 Å². The number of anilines is 1. The molecule has 0 aliphatic rings. The Morgan fingerprint density at radius 1 is 1.18 bits per heavy atom. The first-order chi connectivity index (χ1) is 10.4. The highest BCUT2D eigenvalue weighted by Crippen LogP contribution is 2.31. The molecule has 7 heteroatoms. The van der Waals surface area contributed by atoms with E-state index in [9.17, 15) is 8.42 Å². The fraction of sp³-hybridized carbons (Fsp3) is 0.200. The van der Waals surface area contributed by atoms with Gasteiger partial charge in [-0.1, -0.05) is 27.5 Å². The van der Waals surface area contributed by atoms with Crippen molar-refractivity contribution in [1.29, 1.82) is 0 Å². The predicted molar refractivity (Wildman–Crippen MR) is 92.4 cm³/mol. The van der Waals surface area contributed by atoms with Gasteiger partial charge in [0, 0.05) is 11.0 Å². The van der Waals surface area contributed by atoms with Gasteiger partial charge >= 0.3 is 0 Å². The Labute approximate surface area is 143 Å². The molecular formula is C15H15BrClNO3S. The highest BCUT2D eigenvalue weighted by molar-refractivity contribution is 9.10. The Bertz CT molecular complexity index is 763. The molecule has 0 aliphatic heterocycles. The molecule has 0 heterocycles. The Hall–Kier alpha value is -1.24. The maximum absolute atomic E-state index is 12.8. The van der Waals surface area contributed by atoms with Crippen LogP contribution in [0.5, 0.6) is 5.75 Å². The van der Waals surface area contributed by atoms with Crippen molar-refractivity contribution in [3.05, 3.63) is 52.0 Å². The summed E-state index contributed by atoms with van der Waals surface area (Å²) in [6, 6.07) is 11.4. The highest BCUT2D eigenvalue weighted by atomic mass is 79.9. The molecule has 2 rings (SSSR count). The van der Waals surface area contributed by atoms with Crippen LogP contribution in [0.15, 0.2) is 51.8 Å². The lowest BCUT2D eigenvalue weighted by molar-refractivity contribution is 0.415. The van der Waals surface area contributed by atoms with Crippen molar-refractivity contribution in [2.75, 3.05) is 18.0 Å². The normalized spacial score (nSPS) is 11.3. The predicted octanol–water partition coefficient (Wildman–Crippen LogP) is 4.33. The molecule has 0 N–H and O–H groups in total. The second kappa shape index (κ2) is 6.89. The van der Waals surface area contributed by atoms with Crippen molar-refractivity contribution in [2.24, 2.45) is 0 Å². The highest BCUT2D eigenvalue weighted by Gasteiger charge is 2.24. The van der Waals surface area contributed by atoms with Crippen LogP contribution in [0, 0.1) is 0 Å². The van der Waals surface area contributed by atoms with Crippen LogP contribution in [0.25, 0.3) is 0 Å². The van der Waals surface area contributed by atoms with E-state index >= 15 is 0 Å². The zero-order valence-electron chi connectivity index (χ0n) is 12.1. The number of nitrogens with zero attached hydrogens (tertiary/aromatic N) is 1. The molecule has 2 aromatic carbocycles. The molecule has 118 valence electrons. The number of hydrogen-bond donors (Lipinski definition) is 0. The third-order valence-corrected chi connectivity index (χ3v) is 5.85. The maximum Gasteiger partial charge on any atom is 0.264 e. The number of sulfonamides is 1. The first-order valence-electron chi connectivity index (χ1n) is 6.52. The summed E-state index contributed by atoms with van der Waals surface area (Å²) in [5.74, 6) is 0.502. The first kappa shape index (κ1) is 17.1. The minimum absolute atomic E-state index is 0.226. The summed E-state index contributed by atoms with van der Waals surface area (Å²) in [5.41, 5.74) is 0.496. The standard InChI is InChI=1S/C15H15BrClNO3S/c1-3-18(12-6-9-15(21-2)14(17)10-12)22(19,20)13-7-4-11(16)5-8-13/h4-10H,3H2,1-2H3. The molecule has 0 unspecified atom stereocenters. The number of halogens is 2. The molecular weight excluding hydrogens is 390 g/mol. The topological polar surface area (TPSA) is 46.6 Å². The van der Waals surface area contributed by atoms with Crippen molar-refractivity contribution in [2.45, 2.75) is 11.8 Å². The smallest absolute Gasteiger partial charge is 0.264 e. The molecule has 0 spiro atoms. The summed E-state index contributed by atoms with van der Waals surface area (Å²) in [6.07, 6.45) is 0. The van der Waals surface area contributed by atoms with E-state index in [1.807, 2.05) is 0 Å². The number of rotatable bonds is 5. The van der Waals surface area contributed by atoms with Crippen molar-refractivity contribution in [1.82, 2.24) is 0 Å². The molecule has 0 radical (unpaired) electrons. The van der Waals surface area contributed by atoms with E-state index in [0.29, 0.717) is 23.0 Å². The van der Waals surface area contributed by atoms with E-state index in [0.717, 1.165) is 4.47 Å². The van der Waals surface area contributed by atoms with Crippen LogP contribution >= 0.6 is 27.5 Å². The third kappa shape index (κ3) is 3.39. The van der Waals surface area contributed by atoms with Gasteiger partial charge in [-0.3, -0.25) is 4.31 Å². The molecule has 0 fully saturated rings. The summed E-state index contributed by atoms with van der Waals surface area (Å²) in [7, 11) is -2.13. The number of ether oxygens (including phenoxy) is 1. The van der Waals surface area contributed by atoms with E-state index < -0.39 is 10.0 Å². The van der Waals surface area contributed by atoms with Gasteiger partial charge < -0.3 is 4.74 Å². The quantitative estimate of drug-likeness (QED) is 0.745. The van der Waals surface area contributed by atoms with Gasteiger partial charge in [-0.2, -0.15) is 0 Å². The number of methoxy groups -OCH3 is 1. The van der Waals surface area contributed by atoms with Crippen molar-refractivity contribution < 1.29 is 13.2 Å². The lowest BCUT2D eigenvalue weighted by Gasteiger charge is -2.23. The van der Waals surface area contributed by atoms with Gasteiger partial charge in [-0.25, -0.2) is 8.42 Å². The molecule has 2 aromatic rings. The minimum Gasteiger partial charge on any atom is -0.495 e.